The van der Waals surface area contributed by atoms with Crippen LogP contribution < -0.4 is 10.8 Å². The molecule has 4 N–H and O–H groups in total. The summed E-state index contributed by atoms with van der Waals surface area (Å²) >= 11 is 0. The molecule has 6 heteroatoms. The largest absolute Gasteiger partial charge is 0.388 e. The lowest BCUT2D eigenvalue weighted by atomic mass is 9.92. The van der Waals surface area contributed by atoms with Crippen LogP contribution in [0.3, 0.4) is 0 Å². The van der Waals surface area contributed by atoms with Gasteiger partial charge in [0.05, 0.1) is 0 Å². The molecule has 1 aromatic carbocycles. The number of allylic oxidation sites excluding steroid dienone is 2. The molecule has 0 aliphatic carbocycles. The van der Waals surface area contributed by atoms with Crippen molar-refractivity contribution in [2.75, 3.05) is 12.4 Å². The summed E-state index contributed by atoms with van der Waals surface area (Å²) in [6.07, 6.45) is 3.83. The Kier molecular flexibility index (Phi) is 6.03. The van der Waals surface area contributed by atoms with Crippen LogP contribution in [0.4, 0.5) is 5.69 Å². The van der Waals surface area contributed by atoms with Crippen LogP contribution in [0, 0.1) is 0 Å². The lowest BCUT2D eigenvalue weighted by molar-refractivity contribution is -0.124. The summed E-state index contributed by atoms with van der Waals surface area (Å²) in [5.41, 5.74) is 1.50. The number of hydroxylamine groups is 1. The van der Waals surface area contributed by atoms with Crippen LogP contribution >= 0.6 is 0 Å². The summed E-state index contributed by atoms with van der Waals surface area (Å²) in [6, 6.07) is 6.73. The molecule has 1 atom stereocenters. The second-order valence-corrected chi connectivity index (χ2v) is 5.00. The summed E-state index contributed by atoms with van der Waals surface area (Å²) in [7, 11) is 1.77. The van der Waals surface area contributed by atoms with E-state index in [4.69, 9.17) is 5.21 Å². The maximum atomic E-state index is 12.3. The third-order valence-corrected chi connectivity index (χ3v) is 3.01. The fourth-order valence-electron chi connectivity index (χ4n) is 1.88. The summed E-state index contributed by atoms with van der Waals surface area (Å²) < 4.78 is 0. The number of carbonyl (C=O) groups is 2. The van der Waals surface area contributed by atoms with Crippen molar-refractivity contribution in [1.82, 2.24) is 5.48 Å². The Morgan fingerprint density at radius 1 is 1.18 bits per heavy atom. The van der Waals surface area contributed by atoms with Gasteiger partial charge in [0.1, 0.15) is 5.60 Å². The number of rotatable bonds is 6. The predicted molar refractivity (Wildman–Crippen MR) is 83.8 cm³/mol. The number of carbonyl (C=O) groups excluding carboxylic acids is 2. The molecule has 1 aromatic rings. The minimum Gasteiger partial charge on any atom is -0.388 e. The normalized spacial score (nSPS) is 14.5. The molecule has 0 fully saturated rings. The van der Waals surface area contributed by atoms with Gasteiger partial charge in [-0.25, -0.2) is 5.48 Å². The van der Waals surface area contributed by atoms with Crippen molar-refractivity contribution in [3.8, 4) is 0 Å². The molecule has 0 heterocycles. The van der Waals surface area contributed by atoms with Crippen LogP contribution in [0.15, 0.2) is 48.1 Å². The number of aliphatic hydroxyl groups is 1. The number of hydrogen-bond donors (Lipinski definition) is 4. The van der Waals surface area contributed by atoms with Gasteiger partial charge in [-0.3, -0.25) is 14.8 Å². The van der Waals surface area contributed by atoms with E-state index in [9.17, 15) is 14.7 Å². The van der Waals surface area contributed by atoms with E-state index in [1.54, 1.807) is 38.2 Å². The van der Waals surface area contributed by atoms with Gasteiger partial charge in [-0.15, -0.1) is 0 Å². The quantitative estimate of drug-likeness (QED) is 0.211. The zero-order valence-corrected chi connectivity index (χ0v) is 12.8. The minimum absolute atomic E-state index is 0.380. The summed E-state index contributed by atoms with van der Waals surface area (Å²) in [4.78, 5) is 23.2. The highest BCUT2D eigenvalue weighted by Gasteiger charge is 2.28. The Hall–Kier alpha value is -2.44. The first-order valence-corrected chi connectivity index (χ1v) is 6.66. The topological polar surface area (TPSA) is 98.7 Å². The summed E-state index contributed by atoms with van der Waals surface area (Å²) in [5.74, 6) is -1.14. The van der Waals surface area contributed by atoms with E-state index in [0.29, 0.717) is 11.1 Å². The van der Waals surface area contributed by atoms with Gasteiger partial charge in [0.25, 0.3) is 5.91 Å². The highest BCUT2D eigenvalue weighted by Crippen LogP contribution is 2.19. The molecule has 1 rings (SSSR count). The van der Waals surface area contributed by atoms with Crippen molar-refractivity contribution in [2.45, 2.75) is 19.4 Å². The number of amides is 1. The molecule has 0 aliphatic rings. The Labute approximate surface area is 129 Å². The van der Waals surface area contributed by atoms with Crippen LogP contribution in [0.1, 0.15) is 24.2 Å². The smallest absolute Gasteiger partial charge is 0.267 e. The number of nitrogens with one attached hydrogen (secondary N) is 2. The highest BCUT2D eigenvalue weighted by molar-refractivity contribution is 6.03. The number of ketones is 1. The summed E-state index contributed by atoms with van der Waals surface area (Å²) in [6.45, 7) is 3.01. The Bertz CT molecular complexity index is 601. The van der Waals surface area contributed by atoms with Crippen molar-refractivity contribution in [3.05, 3.63) is 53.6 Å². The van der Waals surface area contributed by atoms with Gasteiger partial charge < -0.3 is 10.4 Å². The second-order valence-electron chi connectivity index (χ2n) is 5.00. The van der Waals surface area contributed by atoms with Crippen molar-refractivity contribution in [1.29, 1.82) is 0 Å². The van der Waals surface area contributed by atoms with Gasteiger partial charge in [-0.1, -0.05) is 11.6 Å². The average molecular weight is 304 g/mol. The maximum Gasteiger partial charge on any atom is 0.267 e. The van der Waals surface area contributed by atoms with Crippen LogP contribution in [0.2, 0.25) is 0 Å². The van der Waals surface area contributed by atoms with Crippen LogP contribution in [-0.2, 0) is 4.79 Å². The molecule has 0 saturated heterocycles. The van der Waals surface area contributed by atoms with E-state index in [2.05, 4.69) is 5.32 Å². The Morgan fingerprint density at radius 2 is 1.77 bits per heavy atom. The fraction of sp³-hybridized carbons (Fsp3) is 0.250. The van der Waals surface area contributed by atoms with Crippen molar-refractivity contribution in [2.24, 2.45) is 0 Å². The van der Waals surface area contributed by atoms with Crippen molar-refractivity contribution in [3.63, 3.8) is 0 Å². The molecular weight excluding hydrogens is 284 g/mol. The van der Waals surface area contributed by atoms with Gasteiger partial charge in [0.2, 0.25) is 0 Å². The Balaban J connectivity index is 2.93. The molecule has 0 saturated carbocycles. The predicted octanol–water partition coefficient (Wildman–Crippen LogP) is 1.67. The molecule has 0 unspecified atom stereocenters. The molecule has 22 heavy (non-hydrogen) atoms. The minimum atomic E-state index is -1.70. The number of hydrogen-bond acceptors (Lipinski definition) is 5. The number of Topliss-reactive ketones (excluding diaryl/α,β-unsaturated/α-hetero) is 1. The average Bonchev–Trinajstić information content (AvgIpc) is 2.51. The van der Waals surface area contributed by atoms with Gasteiger partial charge in [-0.05, 0) is 44.2 Å². The molecule has 0 radical (unpaired) electrons. The molecule has 6 nitrogen and oxygen atoms in total. The van der Waals surface area contributed by atoms with E-state index in [0.717, 1.165) is 11.8 Å². The van der Waals surface area contributed by atoms with E-state index >= 15 is 0 Å². The fourth-order valence-corrected chi connectivity index (χ4v) is 1.88. The summed E-state index contributed by atoms with van der Waals surface area (Å²) in [5, 5.41) is 21.7. The van der Waals surface area contributed by atoms with E-state index in [1.165, 1.54) is 24.6 Å². The third-order valence-electron chi connectivity index (χ3n) is 3.01. The monoisotopic (exact) mass is 304 g/mol. The van der Waals surface area contributed by atoms with Crippen molar-refractivity contribution >= 4 is 17.4 Å². The number of benzene rings is 1. The first kappa shape index (κ1) is 17.6. The number of anilines is 1. The lowest BCUT2D eigenvalue weighted by Gasteiger charge is -2.18. The van der Waals surface area contributed by atoms with Crippen LogP contribution in [0.25, 0.3) is 0 Å². The molecule has 0 bridgehead atoms. The zero-order chi connectivity index (χ0) is 16.8. The SMILES string of the molecule is CNc1ccc(C(=O)[C@](C)(O)/C=C(C)/C=C/C(=O)NO)cc1. The third kappa shape index (κ3) is 4.83. The highest BCUT2D eigenvalue weighted by atomic mass is 16.5. The maximum absolute atomic E-state index is 12.3. The molecular formula is C16H20N2O4. The first-order valence-electron chi connectivity index (χ1n) is 6.66. The van der Waals surface area contributed by atoms with E-state index in [1.807, 2.05) is 0 Å². The zero-order valence-electron chi connectivity index (χ0n) is 12.8. The molecule has 0 aromatic heterocycles. The van der Waals surface area contributed by atoms with Gasteiger partial charge in [0.15, 0.2) is 5.78 Å². The lowest BCUT2D eigenvalue weighted by Crippen LogP contribution is -2.33. The van der Waals surface area contributed by atoms with E-state index in [-0.39, 0.29) is 0 Å². The Morgan fingerprint density at radius 3 is 2.27 bits per heavy atom. The molecule has 1 amide bonds. The van der Waals surface area contributed by atoms with Gasteiger partial charge >= 0.3 is 0 Å². The second kappa shape index (κ2) is 7.53. The molecule has 0 aliphatic heterocycles. The van der Waals surface area contributed by atoms with Crippen LogP contribution in [-0.4, -0.2) is 34.7 Å². The molecule has 118 valence electrons. The molecule has 0 spiro atoms. The first-order chi connectivity index (χ1) is 10.3. The van der Waals surface area contributed by atoms with Crippen LogP contribution in [0.5, 0.6) is 0 Å². The standard InChI is InChI=1S/C16H20N2O4/c1-11(4-9-14(19)18-22)10-16(2,21)15(20)12-5-7-13(17-3)8-6-12/h4-10,17,21-22H,1-3H3,(H,18,19)/b9-4+,11-10+/t16-/m1/s1. The van der Waals surface area contributed by atoms with Gasteiger partial charge in [0, 0.05) is 24.4 Å². The van der Waals surface area contributed by atoms with E-state index < -0.39 is 17.3 Å². The van der Waals surface area contributed by atoms with Crippen molar-refractivity contribution < 1.29 is 19.9 Å². The van der Waals surface area contributed by atoms with Gasteiger partial charge in [-0.2, -0.15) is 0 Å².